The number of esters is 1. The van der Waals surface area contributed by atoms with Crippen molar-refractivity contribution in [3.05, 3.63) is 24.3 Å². The maximum atomic E-state index is 11.1. The Balaban J connectivity index is 4.16. The zero-order chi connectivity index (χ0) is 18.1. The lowest BCUT2D eigenvalue weighted by molar-refractivity contribution is -0.318. The molecule has 0 fully saturated rings. The second kappa shape index (κ2) is 10.8. The molecule has 0 aliphatic rings. The van der Waals surface area contributed by atoms with Crippen molar-refractivity contribution in [2.24, 2.45) is 0 Å². The molecule has 0 spiro atoms. The zero-order valence-corrected chi connectivity index (χ0v) is 15.9. The largest absolute Gasteiger partial charge is 0.435 e. The van der Waals surface area contributed by atoms with Crippen LogP contribution in [0.5, 0.6) is 0 Å². The Morgan fingerprint density at radius 2 is 1.57 bits per heavy atom. The summed E-state index contributed by atoms with van der Waals surface area (Å²) in [5.74, 6) is -0.747. The van der Waals surface area contributed by atoms with Gasteiger partial charge in [-0.1, -0.05) is 18.7 Å². The van der Waals surface area contributed by atoms with Crippen molar-refractivity contribution in [1.82, 2.24) is 0 Å². The van der Waals surface area contributed by atoms with Crippen LogP contribution in [-0.4, -0.2) is 35.9 Å². The highest BCUT2D eigenvalue weighted by atomic mass is 32.5. The minimum Gasteiger partial charge on any atom is -0.435 e. The molecular formula is C10H18O9P2S2. The monoisotopic (exact) mass is 408 g/mol. The van der Waals surface area contributed by atoms with Crippen molar-refractivity contribution in [1.29, 1.82) is 0 Å². The van der Waals surface area contributed by atoms with Crippen LogP contribution in [0.1, 0.15) is 13.8 Å². The number of ether oxygens (including phenoxy) is 1. The molecule has 0 rings (SSSR count). The summed E-state index contributed by atoms with van der Waals surface area (Å²) < 4.78 is 18.6. The summed E-state index contributed by atoms with van der Waals surface area (Å²) in [6.07, 6.45) is 0. The van der Waals surface area contributed by atoms with Crippen molar-refractivity contribution in [2.45, 2.75) is 13.8 Å². The molecule has 9 nitrogen and oxygen atoms in total. The highest BCUT2D eigenvalue weighted by Gasteiger charge is 2.28. The van der Waals surface area contributed by atoms with E-state index in [2.05, 4.69) is 60.1 Å². The highest BCUT2D eigenvalue weighted by molar-refractivity contribution is 8.14. The number of rotatable bonds is 12. The topological polar surface area (TPSA) is 113 Å². The fourth-order valence-electron chi connectivity index (χ4n) is 0.712. The van der Waals surface area contributed by atoms with Gasteiger partial charge in [-0.05, 0) is 37.5 Å². The summed E-state index contributed by atoms with van der Waals surface area (Å²) in [7, 11) is 0. The summed E-state index contributed by atoms with van der Waals surface area (Å²) in [4.78, 5) is 39.6. The van der Waals surface area contributed by atoms with E-state index >= 15 is 0 Å². The van der Waals surface area contributed by atoms with E-state index in [1.165, 1.54) is 6.92 Å². The first-order chi connectivity index (χ1) is 10.5. The number of hydrogen-bond acceptors (Lipinski definition) is 9. The van der Waals surface area contributed by atoms with Crippen molar-refractivity contribution in [3.63, 3.8) is 0 Å². The quantitative estimate of drug-likeness (QED) is 0.0723. The normalized spacial score (nSPS) is 16.2. The van der Waals surface area contributed by atoms with Crippen LogP contribution in [0.4, 0.5) is 0 Å². The summed E-state index contributed by atoms with van der Waals surface area (Å²) in [6, 6.07) is 0. The molecule has 2 unspecified atom stereocenters. The highest BCUT2D eigenvalue weighted by Crippen LogP contribution is 2.60. The molecular weight excluding hydrogens is 390 g/mol. The third kappa shape index (κ3) is 13.0. The Hall–Kier alpha value is -0.0300. The van der Waals surface area contributed by atoms with Crippen LogP contribution in [0, 0.1) is 0 Å². The Morgan fingerprint density at radius 3 is 2.04 bits per heavy atom. The Morgan fingerprint density at radius 1 is 1.04 bits per heavy atom. The van der Waals surface area contributed by atoms with Crippen LogP contribution in [0.3, 0.4) is 0 Å². The van der Waals surface area contributed by atoms with E-state index in [-0.39, 0.29) is 12.2 Å². The fourth-order valence-corrected chi connectivity index (χ4v) is 4.76. The maximum absolute atomic E-state index is 11.1. The van der Waals surface area contributed by atoms with Gasteiger partial charge < -0.3 is 14.5 Å². The van der Waals surface area contributed by atoms with Gasteiger partial charge in [-0.25, -0.2) is 18.9 Å². The van der Waals surface area contributed by atoms with E-state index in [9.17, 15) is 14.6 Å². The summed E-state index contributed by atoms with van der Waals surface area (Å²) in [5.41, 5.74) is 0.830. The van der Waals surface area contributed by atoms with Crippen LogP contribution in [0.15, 0.2) is 24.3 Å². The molecule has 0 aromatic rings. The molecule has 2 N–H and O–H groups in total. The second-order valence-electron chi connectivity index (χ2n) is 4.06. The van der Waals surface area contributed by atoms with Gasteiger partial charge >= 0.3 is 19.4 Å². The smallest absolute Gasteiger partial charge is 0.335 e. The molecule has 2 atom stereocenters. The summed E-state index contributed by atoms with van der Waals surface area (Å²) in [5, 5.41) is 0. The van der Waals surface area contributed by atoms with E-state index in [1.807, 2.05) is 0 Å². The van der Waals surface area contributed by atoms with E-state index in [1.54, 1.807) is 6.92 Å². The molecule has 0 heterocycles. The van der Waals surface area contributed by atoms with Gasteiger partial charge in [-0.3, -0.25) is 9.05 Å². The third-order valence-electron chi connectivity index (χ3n) is 1.61. The van der Waals surface area contributed by atoms with Gasteiger partial charge in [0, 0.05) is 5.57 Å². The molecule has 0 saturated carbocycles. The average Bonchev–Trinajstić information content (AvgIpc) is 2.35. The molecule has 0 aromatic heterocycles. The van der Waals surface area contributed by atoms with Gasteiger partial charge in [0.05, 0.1) is 0 Å². The molecule has 0 aliphatic carbocycles. The molecule has 0 saturated heterocycles. The van der Waals surface area contributed by atoms with E-state index < -0.39 is 33.0 Å². The second-order valence-corrected chi connectivity index (χ2v) is 9.87. The molecule has 13 heteroatoms. The Kier molecular flexibility index (Phi) is 10.7. The number of carbonyl (C=O) groups excluding carboxylic acids is 1. The molecule has 23 heavy (non-hydrogen) atoms. The average molecular weight is 408 g/mol. The van der Waals surface area contributed by atoms with Gasteiger partial charge in [-0.2, -0.15) is 0 Å². The SMILES string of the molecule is C=C(C)COOCOP(O)(=S)OP(O)(=S)OCOC(=O)C(=C)C. The number of carbonyl (C=O) groups is 1. The van der Waals surface area contributed by atoms with Gasteiger partial charge in [0.25, 0.3) is 0 Å². The number of hydrogen-bond donors (Lipinski definition) is 2. The van der Waals surface area contributed by atoms with Crippen molar-refractivity contribution < 1.29 is 42.5 Å². The Bertz CT molecular complexity index is 536. The molecule has 0 aliphatic heterocycles. The minimum absolute atomic E-state index is 0.119. The first-order valence-electron chi connectivity index (χ1n) is 5.82. The van der Waals surface area contributed by atoms with Gasteiger partial charge in [-0.15, -0.1) is 0 Å². The summed E-state index contributed by atoms with van der Waals surface area (Å²) in [6.45, 7) is 0.968. The van der Waals surface area contributed by atoms with Crippen LogP contribution in [0.25, 0.3) is 0 Å². The van der Waals surface area contributed by atoms with Gasteiger partial charge in [0.15, 0.2) is 6.79 Å². The van der Waals surface area contributed by atoms with Crippen LogP contribution in [0.2, 0.25) is 0 Å². The third-order valence-corrected chi connectivity index (χ3v) is 5.96. The van der Waals surface area contributed by atoms with Crippen LogP contribution < -0.4 is 0 Å². The minimum atomic E-state index is -3.99. The molecule has 0 amide bonds. The van der Waals surface area contributed by atoms with Crippen LogP contribution in [-0.2, 0) is 56.3 Å². The lowest BCUT2D eigenvalue weighted by Gasteiger charge is -2.20. The zero-order valence-electron chi connectivity index (χ0n) is 12.5. The predicted molar refractivity (Wildman–Crippen MR) is 88.8 cm³/mol. The first-order valence-corrected chi connectivity index (χ1v) is 11.0. The summed E-state index contributed by atoms with van der Waals surface area (Å²) >= 11 is 9.20. The molecule has 0 aromatic carbocycles. The van der Waals surface area contributed by atoms with Gasteiger partial charge in [0.2, 0.25) is 6.79 Å². The van der Waals surface area contributed by atoms with E-state index in [4.69, 9.17) is 4.52 Å². The standard InChI is InChI=1S/C10H18O9P2S2/c1-8(2)5-15-16-7-18-21(13,23)19-20(12,22)17-6-14-10(11)9(3)4/h1,3,5-7H2,2,4H3,(H,12,22)(H,13,23). The lowest BCUT2D eigenvalue weighted by atomic mass is 10.4. The Labute approximate surface area is 144 Å². The first kappa shape index (κ1) is 23.0. The van der Waals surface area contributed by atoms with E-state index in [0.717, 1.165) is 0 Å². The molecule has 0 radical (unpaired) electrons. The van der Waals surface area contributed by atoms with Crippen LogP contribution >= 0.6 is 13.4 Å². The predicted octanol–water partition coefficient (Wildman–Crippen LogP) is 2.03. The van der Waals surface area contributed by atoms with Crippen molar-refractivity contribution >= 4 is 43.0 Å². The van der Waals surface area contributed by atoms with Gasteiger partial charge in [0.1, 0.15) is 6.61 Å². The lowest BCUT2D eigenvalue weighted by Crippen LogP contribution is -2.08. The maximum Gasteiger partial charge on any atom is 0.335 e. The van der Waals surface area contributed by atoms with Crippen molar-refractivity contribution in [3.8, 4) is 0 Å². The van der Waals surface area contributed by atoms with E-state index in [0.29, 0.717) is 5.57 Å². The van der Waals surface area contributed by atoms with Crippen molar-refractivity contribution in [2.75, 3.05) is 20.2 Å². The molecule has 0 bridgehead atoms. The molecule has 134 valence electrons. The fraction of sp³-hybridized carbons (Fsp3) is 0.500.